The molecule has 0 fully saturated rings. The zero-order valence-corrected chi connectivity index (χ0v) is 10.9. The Balaban J connectivity index is 3.70. The van der Waals surface area contributed by atoms with E-state index in [1.165, 1.54) is 0 Å². The second-order valence-corrected chi connectivity index (χ2v) is 5.09. The van der Waals surface area contributed by atoms with Crippen LogP contribution in [0.5, 0.6) is 0 Å². The molecule has 94 valence electrons. The monoisotopic (exact) mass is 229 g/mol. The summed E-state index contributed by atoms with van der Waals surface area (Å²) in [5.41, 5.74) is -0.406. The molecule has 0 heterocycles. The van der Waals surface area contributed by atoms with Gasteiger partial charge in [-0.25, -0.2) is 4.79 Å². The van der Waals surface area contributed by atoms with Gasteiger partial charge in [0.1, 0.15) is 0 Å². The second-order valence-electron chi connectivity index (χ2n) is 5.09. The Morgan fingerprint density at radius 3 is 2.12 bits per heavy atom. The SMILES string of the molecule is CN(C)CCNC(=O)NCC(=O)C(C)(C)C. The lowest BCUT2D eigenvalue weighted by molar-refractivity contribution is -0.125. The first-order valence-corrected chi connectivity index (χ1v) is 5.43. The Hall–Kier alpha value is -1.10. The number of urea groups is 1. The zero-order valence-electron chi connectivity index (χ0n) is 10.9. The highest BCUT2D eigenvalue weighted by Crippen LogP contribution is 2.13. The van der Waals surface area contributed by atoms with Crippen LogP contribution in [-0.4, -0.2) is 50.4 Å². The smallest absolute Gasteiger partial charge is 0.315 e. The van der Waals surface area contributed by atoms with E-state index >= 15 is 0 Å². The Morgan fingerprint density at radius 1 is 1.12 bits per heavy atom. The Labute approximate surface area is 97.6 Å². The van der Waals surface area contributed by atoms with Gasteiger partial charge in [0.15, 0.2) is 5.78 Å². The van der Waals surface area contributed by atoms with Crippen molar-refractivity contribution in [3.05, 3.63) is 0 Å². The average molecular weight is 229 g/mol. The number of likely N-dealkylation sites (N-methyl/N-ethyl adjacent to an activating group) is 1. The van der Waals surface area contributed by atoms with Crippen LogP contribution < -0.4 is 10.6 Å². The van der Waals surface area contributed by atoms with Crippen molar-refractivity contribution in [1.29, 1.82) is 0 Å². The number of nitrogens with one attached hydrogen (secondary N) is 2. The highest BCUT2D eigenvalue weighted by atomic mass is 16.2. The van der Waals surface area contributed by atoms with E-state index in [0.717, 1.165) is 6.54 Å². The van der Waals surface area contributed by atoms with Crippen molar-refractivity contribution in [2.24, 2.45) is 5.41 Å². The van der Waals surface area contributed by atoms with Crippen LogP contribution in [0.1, 0.15) is 20.8 Å². The first-order valence-electron chi connectivity index (χ1n) is 5.43. The molecule has 0 aliphatic rings. The second kappa shape index (κ2) is 6.48. The Morgan fingerprint density at radius 2 is 1.69 bits per heavy atom. The first-order chi connectivity index (χ1) is 7.23. The predicted octanol–water partition coefficient (Wildman–Crippen LogP) is 0.462. The van der Waals surface area contributed by atoms with Crippen molar-refractivity contribution in [2.45, 2.75) is 20.8 Å². The summed E-state index contributed by atoms with van der Waals surface area (Å²) in [6.45, 7) is 6.93. The summed E-state index contributed by atoms with van der Waals surface area (Å²) in [5.74, 6) is 0.0234. The maximum absolute atomic E-state index is 11.5. The molecule has 5 heteroatoms. The van der Waals surface area contributed by atoms with E-state index in [2.05, 4.69) is 10.6 Å². The van der Waals surface area contributed by atoms with E-state index in [9.17, 15) is 9.59 Å². The van der Waals surface area contributed by atoms with Gasteiger partial charge in [0.05, 0.1) is 6.54 Å². The lowest BCUT2D eigenvalue weighted by Gasteiger charge is -2.17. The number of carbonyl (C=O) groups excluding carboxylic acids is 2. The van der Waals surface area contributed by atoms with Crippen LogP contribution >= 0.6 is 0 Å². The van der Waals surface area contributed by atoms with Gasteiger partial charge in [-0.1, -0.05) is 20.8 Å². The Bertz CT molecular complexity index is 244. The number of rotatable bonds is 5. The van der Waals surface area contributed by atoms with Gasteiger partial charge in [-0.2, -0.15) is 0 Å². The molecule has 0 saturated carbocycles. The molecule has 0 aromatic heterocycles. The van der Waals surface area contributed by atoms with Gasteiger partial charge >= 0.3 is 6.03 Å². The van der Waals surface area contributed by atoms with Crippen molar-refractivity contribution in [1.82, 2.24) is 15.5 Å². The van der Waals surface area contributed by atoms with Crippen LogP contribution in [0.15, 0.2) is 0 Å². The number of hydrogen-bond donors (Lipinski definition) is 2. The largest absolute Gasteiger partial charge is 0.337 e. The number of ketones is 1. The fourth-order valence-electron chi connectivity index (χ4n) is 0.881. The third-order valence-electron chi connectivity index (χ3n) is 2.09. The molecule has 0 saturated heterocycles. The van der Waals surface area contributed by atoms with E-state index in [1.807, 2.05) is 39.8 Å². The molecule has 0 aliphatic carbocycles. The van der Waals surface area contributed by atoms with Gasteiger partial charge in [0, 0.05) is 18.5 Å². The molecule has 0 bridgehead atoms. The van der Waals surface area contributed by atoms with Gasteiger partial charge < -0.3 is 15.5 Å². The summed E-state index contributed by atoms with van der Waals surface area (Å²) in [7, 11) is 3.87. The van der Waals surface area contributed by atoms with Crippen molar-refractivity contribution in [3.8, 4) is 0 Å². The third-order valence-corrected chi connectivity index (χ3v) is 2.09. The number of amides is 2. The molecule has 0 atom stereocenters. The van der Waals surface area contributed by atoms with E-state index in [0.29, 0.717) is 6.54 Å². The van der Waals surface area contributed by atoms with Crippen LogP contribution in [0.4, 0.5) is 4.79 Å². The van der Waals surface area contributed by atoms with Crippen molar-refractivity contribution >= 4 is 11.8 Å². The van der Waals surface area contributed by atoms with Crippen molar-refractivity contribution < 1.29 is 9.59 Å². The average Bonchev–Trinajstić information content (AvgIpc) is 2.11. The molecule has 0 aromatic carbocycles. The minimum absolute atomic E-state index is 0.0234. The molecular formula is C11H23N3O2. The summed E-state index contributed by atoms with van der Waals surface area (Å²) in [6.07, 6.45) is 0. The topological polar surface area (TPSA) is 61.4 Å². The quantitative estimate of drug-likeness (QED) is 0.720. The number of nitrogens with zero attached hydrogens (tertiary/aromatic N) is 1. The predicted molar refractivity (Wildman–Crippen MR) is 64.4 cm³/mol. The van der Waals surface area contributed by atoms with Crippen LogP contribution in [0.25, 0.3) is 0 Å². The first kappa shape index (κ1) is 14.9. The molecule has 0 spiro atoms. The summed E-state index contributed by atoms with van der Waals surface area (Å²) < 4.78 is 0. The van der Waals surface area contributed by atoms with E-state index in [-0.39, 0.29) is 18.4 Å². The standard InChI is InChI=1S/C11H23N3O2/c1-11(2,3)9(15)8-13-10(16)12-6-7-14(4)5/h6-8H2,1-5H3,(H2,12,13,16). The van der Waals surface area contributed by atoms with Crippen LogP contribution in [0, 0.1) is 5.41 Å². The summed E-state index contributed by atoms with van der Waals surface area (Å²) in [5, 5.41) is 5.22. The van der Waals surface area contributed by atoms with Gasteiger partial charge in [-0.15, -0.1) is 0 Å². The molecule has 0 aliphatic heterocycles. The number of carbonyl (C=O) groups is 2. The van der Waals surface area contributed by atoms with Gasteiger partial charge in [-0.05, 0) is 14.1 Å². The van der Waals surface area contributed by atoms with E-state index in [4.69, 9.17) is 0 Å². The van der Waals surface area contributed by atoms with Crippen LogP contribution in [0.2, 0.25) is 0 Å². The Kier molecular flexibility index (Phi) is 6.03. The maximum atomic E-state index is 11.5. The molecule has 2 amide bonds. The zero-order chi connectivity index (χ0) is 12.8. The lowest BCUT2D eigenvalue weighted by atomic mass is 9.91. The minimum Gasteiger partial charge on any atom is -0.337 e. The molecule has 0 rings (SSSR count). The fourth-order valence-corrected chi connectivity index (χ4v) is 0.881. The van der Waals surface area contributed by atoms with Gasteiger partial charge in [0.2, 0.25) is 0 Å². The molecular weight excluding hydrogens is 206 g/mol. The number of hydrogen-bond acceptors (Lipinski definition) is 3. The third kappa shape index (κ3) is 7.23. The molecule has 2 N–H and O–H groups in total. The highest BCUT2D eigenvalue weighted by Gasteiger charge is 2.21. The highest BCUT2D eigenvalue weighted by molar-refractivity contribution is 5.88. The summed E-state index contributed by atoms with van der Waals surface area (Å²) in [4.78, 5) is 24.7. The molecule has 0 aromatic rings. The molecule has 16 heavy (non-hydrogen) atoms. The normalized spacial score (nSPS) is 11.4. The summed E-state index contributed by atoms with van der Waals surface area (Å²) in [6, 6.07) is -0.292. The fraction of sp³-hybridized carbons (Fsp3) is 0.818. The lowest BCUT2D eigenvalue weighted by Crippen LogP contribution is -2.43. The molecule has 0 radical (unpaired) electrons. The summed E-state index contributed by atoms with van der Waals surface area (Å²) >= 11 is 0. The van der Waals surface area contributed by atoms with Crippen molar-refractivity contribution in [3.63, 3.8) is 0 Å². The number of Topliss-reactive ketones (excluding diaryl/α,β-unsaturated/α-hetero) is 1. The van der Waals surface area contributed by atoms with Gasteiger partial charge in [-0.3, -0.25) is 4.79 Å². The maximum Gasteiger partial charge on any atom is 0.315 e. The molecule has 0 unspecified atom stereocenters. The minimum atomic E-state index is -0.406. The van der Waals surface area contributed by atoms with E-state index < -0.39 is 5.41 Å². The van der Waals surface area contributed by atoms with Crippen molar-refractivity contribution in [2.75, 3.05) is 33.7 Å². The van der Waals surface area contributed by atoms with Gasteiger partial charge in [0.25, 0.3) is 0 Å². The molecule has 5 nitrogen and oxygen atoms in total. The van der Waals surface area contributed by atoms with Crippen LogP contribution in [0.3, 0.4) is 0 Å². The van der Waals surface area contributed by atoms with E-state index in [1.54, 1.807) is 0 Å². The van der Waals surface area contributed by atoms with Crippen LogP contribution in [-0.2, 0) is 4.79 Å².